The highest BCUT2D eigenvalue weighted by atomic mass is 32.1. The van der Waals surface area contributed by atoms with Crippen molar-refractivity contribution in [3.8, 4) is 0 Å². The molecule has 0 spiro atoms. The Balaban J connectivity index is 1.76. The molecule has 3 nitrogen and oxygen atoms in total. The monoisotopic (exact) mass is 273 g/mol. The maximum Gasteiger partial charge on any atom is 0.129 e. The number of anilines is 1. The second kappa shape index (κ2) is 5.72. The number of hydrogen-bond donors (Lipinski definition) is 1. The fourth-order valence-electron chi connectivity index (χ4n) is 2.44. The van der Waals surface area contributed by atoms with E-state index in [1.165, 1.54) is 5.56 Å². The summed E-state index contributed by atoms with van der Waals surface area (Å²) in [6.45, 7) is 6.02. The maximum absolute atomic E-state index is 4.76. The van der Waals surface area contributed by atoms with E-state index in [4.69, 9.17) is 4.98 Å². The van der Waals surface area contributed by atoms with Gasteiger partial charge in [-0.1, -0.05) is 13.0 Å². The molecule has 1 N–H and O–H groups in total. The van der Waals surface area contributed by atoms with E-state index in [1.54, 1.807) is 4.88 Å². The van der Waals surface area contributed by atoms with Gasteiger partial charge in [0.05, 0.1) is 5.69 Å². The highest BCUT2D eigenvalue weighted by molar-refractivity contribution is 7.10. The first kappa shape index (κ1) is 12.6. The van der Waals surface area contributed by atoms with Crippen molar-refractivity contribution in [2.24, 2.45) is 0 Å². The van der Waals surface area contributed by atoms with Gasteiger partial charge in [0.25, 0.3) is 0 Å². The molecule has 0 amide bonds. The number of pyridine rings is 1. The second-order valence-corrected chi connectivity index (χ2v) is 5.81. The van der Waals surface area contributed by atoms with Crippen LogP contribution in [0.15, 0.2) is 29.6 Å². The predicted octanol–water partition coefficient (Wildman–Crippen LogP) is 2.82. The van der Waals surface area contributed by atoms with Gasteiger partial charge in [-0.05, 0) is 42.1 Å². The van der Waals surface area contributed by atoms with Gasteiger partial charge in [-0.3, -0.25) is 0 Å². The zero-order valence-corrected chi connectivity index (χ0v) is 12.0. The van der Waals surface area contributed by atoms with E-state index in [0.29, 0.717) is 0 Å². The summed E-state index contributed by atoms with van der Waals surface area (Å²) in [6, 6.07) is 8.56. The molecule has 1 aliphatic rings. The Hall–Kier alpha value is -1.39. The Morgan fingerprint density at radius 3 is 3.21 bits per heavy atom. The molecular weight excluding hydrogens is 254 g/mol. The minimum Gasteiger partial charge on any atom is -0.352 e. The Morgan fingerprint density at radius 1 is 1.37 bits per heavy atom. The topological polar surface area (TPSA) is 28.2 Å². The smallest absolute Gasteiger partial charge is 0.129 e. The summed E-state index contributed by atoms with van der Waals surface area (Å²) in [5.74, 6) is 1.10. The lowest BCUT2D eigenvalue weighted by Crippen LogP contribution is -2.30. The van der Waals surface area contributed by atoms with Crippen molar-refractivity contribution in [1.82, 2.24) is 10.3 Å². The molecule has 0 atom stereocenters. The van der Waals surface area contributed by atoms with E-state index in [0.717, 1.165) is 44.1 Å². The molecule has 1 aliphatic heterocycles. The van der Waals surface area contributed by atoms with E-state index < -0.39 is 0 Å². The van der Waals surface area contributed by atoms with Crippen LogP contribution in [0.2, 0.25) is 0 Å². The number of rotatable bonds is 4. The summed E-state index contributed by atoms with van der Waals surface area (Å²) in [7, 11) is 0. The van der Waals surface area contributed by atoms with Gasteiger partial charge in [-0.2, -0.15) is 0 Å². The lowest BCUT2D eigenvalue weighted by Gasteiger charge is -2.28. The highest BCUT2D eigenvalue weighted by Crippen LogP contribution is 2.26. The fourth-order valence-corrected chi connectivity index (χ4v) is 3.33. The predicted molar refractivity (Wildman–Crippen MR) is 80.7 cm³/mol. The van der Waals surface area contributed by atoms with E-state index in [9.17, 15) is 0 Å². The average molecular weight is 273 g/mol. The molecule has 100 valence electrons. The van der Waals surface area contributed by atoms with Gasteiger partial charge in [0.1, 0.15) is 5.82 Å². The largest absolute Gasteiger partial charge is 0.352 e. The van der Waals surface area contributed by atoms with Crippen molar-refractivity contribution in [3.05, 3.63) is 45.8 Å². The van der Waals surface area contributed by atoms with Gasteiger partial charge >= 0.3 is 0 Å². The maximum atomic E-state index is 4.76. The van der Waals surface area contributed by atoms with Gasteiger partial charge in [0, 0.05) is 24.5 Å². The quantitative estimate of drug-likeness (QED) is 0.928. The third kappa shape index (κ3) is 2.80. The first-order chi connectivity index (χ1) is 9.36. The summed E-state index contributed by atoms with van der Waals surface area (Å²) >= 11 is 1.88. The standard InChI is InChI=1S/C15H19N3S/c1-2-16-10-13-4-3-5-15(17-13)18-8-6-14-12(11-18)7-9-19-14/h3-5,7,9,16H,2,6,8,10-11H2,1H3. The Kier molecular flexibility index (Phi) is 3.80. The Bertz CT molecular complexity index is 550. The lowest BCUT2D eigenvalue weighted by atomic mass is 10.1. The van der Waals surface area contributed by atoms with Crippen molar-refractivity contribution >= 4 is 17.2 Å². The van der Waals surface area contributed by atoms with Crippen LogP contribution in [-0.4, -0.2) is 18.1 Å². The van der Waals surface area contributed by atoms with Crippen LogP contribution >= 0.6 is 11.3 Å². The number of nitrogens with one attached hydrogen (secondary N) is 1. The van der Waals surface area contributed by atoms with E-state index >= 15 is 0 Å². The van der Waals surface area contributed by atoms with Gasteiger partial charge in [0.2, 0.25) is 0 Å². The normalized spacial score (nSPS) is 14.5. The molecule has 3 rings (SSSR count). The molecule has 0 unspecified atom stereocenters. The van der Waals surface area contributed by atoms with Crippen molar-refractivity contribution in [3.63, 3.8) is 0 Å². The summed E-state index contributed by atoms with van der Waals surface area (Å²) in [4.78, 5) is 8.68. The number of nitrogens with zero attached hydrogens (tertiary/aromatic N) is 2. The van der Waals surface area contributed by atoms with Gasteiger partial charge in [-0.25, -0.2) is 4.98 Å². The molecule has 0 radical (unpaired) electrons. The van der Waals surface area contributed by atoms with Crippen LogP contribution in [0.25, 0.3) is 0 Å². The number of thiophene rings is 1. The third-order valence-electron chi connectivity index (χ3n) is 3.48. The van der Waals surface area contributed by atoms with Gasteiger partial charge < -0.3 is 10.2 Å². The summed E-state index contributed by atoms with van der Waals surface area (Å²) < 4.78 is 0. The molecule has 2 aromatic heterocycles. The molecule has 0 saturated heterocycles. The lowest BCUT2D eigenvalue weighted by molar-refractivity contribution is 0.697. The fraction of sp³-hybridized carbons (Fsp3) is 0.400. The van der Waals surface area contributed by atoms with Crippen molar-refractivity contribution in [1.29, 1.82) is 0 Å². The molecular formula is C15H19N3S. The second-order valence-electron chi connectivity index (χ2n) is 4.81. The van der Waals surface area contributed by atoms with Crippen LogP contribution in [0, 0.1) is 0 Å². The number of fused-ring (bicyclic) bond motifs is 1. The van der Waals surface area contributed by atoms with E-state index in [2.05, 4.69) is 46.8 Å². The Morgan fingerprint density at radius 2 is 2.32 bits per heavy atom. The zero-order valence-electron chi connectivity index (χ0n) is 11.2. The first-order valence-corrected chi connectivity index (χ1v) is 7.71. The number of hydrogen-bond acceptors (Lipinski definition) is 4. The van der Waals surface area contributed by atoms with Gasteiger partial charge in [-0.15, -0.1) is 11.3 Å². The van der Waals surface area contributed by atoms with Crippen LogP contribution in [0.1, 0.15) is 23.1 Å². The van der Waals surface area contributed by atoms with Crippen molar-refractivity contribution < 1.29 is 0 Å². The molecule has 4 heteroatoms. The summed E-state index contributed by atoms with van der Waals surface area (Å²) in [5.41, 5.74) is 2.59. The minimum absolute atomic E-state index is 0.849. The van der Waals surface area contributed by atoms with Crippen LogP contribution < -0.4 is 10.2 Å². The van der Waals surface area contributed by atoms with Crippen LogP contribution in [0.3, 0.4) is 0 Å². The molecule has 0 aromatic carbocycles. The molecule has 3 heterocycles. The minimum atomic E-state index is 0.849. The Labute approximate surface area is 118 Å². The van der Waals surface area contributed by atoms with Gasteiger partial charge in [0.15, 0.2) is 0 Å². The van der Waals surface area contributed by atoms with E-state index in [-0.39, 0.29) is 0 Å². The van der Waals surface area contributed by atoms with Crippen molar-refractivity contribution in [2.45, 2.75) is 26.4 Å². The van der Waals surface area contributed by atoms with E-state index in [1.807, 2.05) is 11.3 Å². The first-order valence-electron chi connectivity index (χ1n) is 6.83. The zero-order chi connectivity index (χ0) is 13.1. The molecule has 0 saturated carbocycles. The third-order valence-corrected chi connectivity index (χ3v) is 4.50. The SMILES string of the molecule is CCNCc1cccc(N2CCc3sccc3C2)n1. The van der Waals surface area contributed by atoms with Crippen molar-refractivity contribution in [2.75, 3.05) is 18.0 Å². The molecule has 19 heavy (non-hydrogen) atoms. The van der Waals surface area contributed by atoms with Crippen LogP contribution in [0.4, 0.5) is 5.82 Å². The molecule has 0 bridgehead atoms. The average Bonchev–Trinajstić information content (AvgIpc) is 2.92. The summed E-state index contributed by atoms with van der Waals surface area (Å²) in [5, 5.41) is 5.52. The van der Waals surface area contributed by atoms with Crippen LogP contribution in [-0.2, 0) is 19.5 Å². The molecule has 0 aliphatic carbocycles. The summed E-state index contributed by atoms with van der Waals surface area (Å²) in [6.07, 6.45) is 1.14. The van der Waals surface area contributed by atoms with Crippen LogP contribution in [0.5, 0.6) is 0 Å². The number of aromatic nitrogens is 1. The molecule has 2 aromatic rings. The molecule has 0 fully saturated rings. The highest BCUT2D eigenvalue weighted by Gasteiger charge is 2.18.